The maximum atomic E-state index is 12.4. The Morgan fingerprint density at radius 1 is 0.923 bits per heavy atom. The van der Waals surface area contributed by atoms with Crippen molar-refractivity contribution in [2.45, 2.75) is 45.4 Å². The van der Waals surface area contributed by atoms with E-state index < -0.39 is 0 Å². The Labute approximate surface area is 156 Å². The van der Waals surface area contributed by atoms with Crippen molar-refractivity contribution in [3.05, 3.63) is 54.1 Å². The van der Waals surface area contributed by atoms with E-state index in [1.807, 2.05) is 36.4 Å². The summed E-state index contributed by atoms with van der Waals surface area (Å²) in [6, 6.07) is 14.6. The Balaban J connectivity index is 1.78. The fourth-order valence-electron chi connectivity index (χ4n) is 2.72. The molecule has 0 saturated heterocycles. The van der Waals surface area contributed by atoms with Gasteiger partial charge in [-0.25, -0.2) is 0 Å². The number of para-hydroxylation sites is 2. The second kappa shape index (κ2) is 11.2. The number of anilines is 1. The van der Waals surface area contributed by atoms with Crippen LogP contribution >= 0.6 is 0 Å². The number of hydrogen-bond donors (Lipinski definition) is 1. The molecule has 0 bridgehead atoms. The highest BCUT2D eigenvalue weighted by Gasteiger charge is 2.09. The highest BCUT2D eigenvalue weighted by atomic mass is 16.5. The normalized spacial score (nSPS) is 10.4. The lowest BCUT2D eigenvalue weighted by Gasteiger charge is -2.10. The molecule has 0 unspecified atom stereocenters. The number of hydrogen-bond acceptors (Lipinski definition) is 3. The van der Waals surface area contributed by atoms with Gasteiger partial charge in [0.15, 0.2) is 0 Å². The predicted octanol–water partition coefficient (Wildman–Crippen LogP) is 5.69. The topological polar surface area (TPSA) is 47.6 Å². The summed E-state index contributed by atoms with van der Waals surface area (Å²) in [5.74, 6) is 1.27. The minimum absolute atomic E-state index is 0.169. The summed E-state index contributed by atoms with van der Waals surface area (Å²) in [7, 11) is 1.58. The molecule has 0 spiro atoms. The van der Waals surface area contributed by atoms with Crippen LogP contribution in [0.25, 0.3) is 0 Å². The summed E-state index contributed by atoms with van der Waals surface area (Å²) < 4.78 is 11.0. The van der Waals surface area contributed by atoms with Crippen molar-refractivity contribution in [2.75, 3.05) is 19.0 Å². The van der Waals surface area contributed by atoms with Gasteiger partial charge >= 0.3 is 0 Å². The van der Waals surface area contributed by atoms with Crippen LogP contribution in [-0.2, 0) is 0 Å². The minimum atomic E-state index is -0.169. The van der Waals surface area contributed by atoms with Gasteiger partial charge in [-0.15, -0.1) is 0 Å². The molecule has 0 saturated carbocycles. The number of benzene rings is 2. The number of nitrogens with one attached hydrogen (secondary N) is 1. The van der Waals surface area contributed by atoms with Crippen LogP contribution in [0.3, 0.4) is 0 Å². The molecule has 0 aromatic heterocycles. The first kappa shape index (κ1) is 19.8. The van der Waals surface area contributed by atoms with E-state index >= 15 is 0 Å². The standard InChI is InChI=1S/C22H29NO3/c1-3-4-5-6-7-10-17-26-19-15-13-18(14-16-19)22(24)23-20-11-8-9-12-21(20)25-2/h8-9,11-16H,3-7,10,17H2,1-2H3,(H,23,24). The van der Waals surface area contributed by atoms with Crippen molar-refractivity contribution in [1.29, 1.82) is 0 Å². The zero-order valence-electron chi connectivity index (χ0n) is 15.8. The maximum Gasteiger partial charge on any atom is 0.255 e. The summed E-state index contributed by atoms with van der Waals surface area (Å²) in [6.45, 7) is 2.95. The number of rotatable bonds is 11. The highest BCUT2D eigenvalue weighted by molar-refractivity contribution is 6.05. The lowest BCUT2D eigenvalue weighted by molar-refractivity contribution is 0.102. The van der Waals surface area contributed by atoms with Crippen LogP contribution < -0.4 is 14.8 Å². The second-order valence-corrected chi connectivity index (χ2v) is 6.30. The van der Waals surface area contributed by atoms with Crippen LogP contribution in [0.4, 0.5) is 5.69 Å². The third kappa shape index (κ3) is 6.43. The van der Waals surface area contributed by atoms with Crippen molar-refractivity contribution in [3.63, 3.8) is 0 Å². The summed E-state index contributed by atoms with van der Waals surface area (Å²) in [6.07, 6.45) is 7.46. The molecule has 2 aromatic rings. The molecule has 0 aliphatic carbocycles. The first-order chi connectivity index (χ1) is 12.7. The largest absolute Gasteiger partial charge is 0.495 e. The van der Waals surface area contributed by atoms with Gasteiger partial charge in [-0.05, 0) is 42.8 Å². The van der Waals surface area contributed by atoms with E-state index in [4.69, 9.17) is 9.47 Å². The van der Waals surface area contributed by atoms with E-state index in [-0.39, 0.29) is 5.91 Å². The Morgan fingerprint density at radius 3 is 2.35 bits per heavy atom. The molecule has 0 heterocycles. The Kier molecular flexibility index (Phi) is 8.53. The average molecular weight is 355 g/mol. The smallest absolute Gasteiger partial charge is 0.255 e. The number of amides is 1. The van der Waals surface area contributed by atoms with Crippen LogP contribution in [0.15, 0.2) is 48.5 Å². The maximum absolute atomic E-state index is 12.4. The molecule has 0 aliphatic heterocycles. The summed E-state index contributed by atoms with van der Waals surface area (Å²) in [4.78, 5) is 12.4. The van der Waals surface area contributed by atoms with E-state index in [9.17, 15) is 4.79 Å². The Morgan fingerprint density at radius 2 is 1.62 bits per heavy atom. The van der Waals surface area contributed by atoms with E-state index in [0.717, 1.165) is 18.8 Å². The fourth-order valence-corrected chi connectivity index (χ4v) is 2.72. The molecule has 4 nitrogen and oxygen atoms in total. The van der Waals surface area contributed by atoms with Gasteiger partial charge < -0.3 is 14.8 Å². The molecule has 1 N–H and O–H groups in total. The zero-order valence-corrected chi connectivity index (χ0v) is 15.8. The third-order valence-corrected chi connectivity index (χ3v) is 4.24. The van der Waals surface area contributed by atoms with Crippen molar-refractivity contribution in [1.82, 2.24) is 0 Å². The molecular weight excluding hydrogens is 326 g/mol. The molecule has 2 aromatic carbocycles. The summed E-state index contributed by atoms with van der Waals surface area (Å²) in [5.41, 5.74) is 1.24. The molecule has 26 heavy (non-hydrogen) atoms. The summed E-state index contributed by atoms with van der Waals surface area (Å²) >= 11 is 0. The molecule has 0 fully saturated rings. The van der Waals surface area contributed by atoms with Gasteiger partial charge in [-0.3, -0.25) is 4.79 Å². The van der Waals surface area contributed by atoms with Gasteiger partial charge in [-0.1, -0.05) is 51.2 Å². The Hall–Kier alpha value is -2.49. The van der Waals surface area contributed by atoms with E-state index in [2.05, 4.69) is 12.2 Å². The molecule has 2 rings (SSSR count). The third-order valence-electron chi connectivity index (χ3n) is 4.24. The van der Waals surface area contributed by atoms with E-state index in [1.165, 1.54) is 32.1 Å². The van der Waals surface area contributed by atoms with Crippen molar-refractivity contribution < 1.29 is 14.3 Å². The van der Waals surface area contributed by atoms with Crippen molar-refractivity contribution in [2.24, 2.45) is 0 Å². The van der Waals surface area contributed by atoms with Gasteiger partial charge in [0.1, 0.15) is 11.5 Å². The highest BCUT2D eigenvalue weighted by Crippen LogP contribution is 2.24. The first-order valence-electron chi connectivity index (χ1n) is 9.42. The second-order valence-electron chi connectivity index (χ2n) is 6.30. The molecular formula is C22H29NO3. The molecule has 0 atom stereocenters. The lowest BCUT2D eigenvalue weighted by Crippen LogP contribution is -2.12. The van der Waals surface area contributed by atoms with Crippen LogP contribution in [0.5, 0.6) is 11.5 Å². The molecule has 0 aliphatic rings. The number of carbonyl (C=O) groups excluding carboxylic acids is 1. The molecule has 1 amide bonds. The monoisotopic (exact) mass is 355 g/mol. The van der Waals surface area contributed by atoms with Crippen LogP contribution in [-0.4, -0.2) is 19.6 Å². The van der Waals surface area contributed by atoms with E-state index in [0.29, 0.717) is 17.0 Å². The number of ether oxygens (including phenoxy) is 2. The molecule has 0 radical (unpaired) electrons. The zero-order chi connectivity index (χ0) is 18.6. The Bertz CT molecular complexity index is 667. The molecule has 4 heteroatoms. The van der Waals surface area contributed by atoms with Gasteiger partial charge in [0.2, 0.25) is 0 Å². The van der Waals surface area contributed by atoms with E-state index in [1.54, 1.807) is 19.2 Å². The molecule has 140 valence electrons. The van der Waals surface area contributed by atoms with Crippen molar-refractivity contribution >= 4 is 11.6 Å². The van der Waals surface area contributed by atoms with Gasteiger partial charge in [0, 0.05) is 5.56 Å². The predicted molar refractivity (Wildman–Crippen MR) is 106 cm³/mol. The number of methoxy groups -OCH3 is 1. The van der Waals surface area contributed by atoms with Crippen LogP contribution in [0, 0.1) is 0 Å². The number of unbranched alkanes of at least 4 members (excludes halogenated alkanes) is 5. The average Bonchev–Trinajstić information content (AvgIpc) is 2.68. The quantitative estimate of drug-likeness (QED) is 0.527. The summed E-state index contributed by atoms with van der Waals surface area (Å²) in [5, 5.41) is 2.87. The fraction of sp³-hybridized carbons (Fsp3) is 0.409. The van der Waals surface area contributed by atoms with Gasteiger partial charge in [-0.2, -0.15) is 0 Å². The van der Waals surface area contributed by atoms with Crippen molar-refractivity contribution in [3.8, 4) is 11.5 Å². The van der Waals surface area contributed by atoms with Gasteiger partial charge in [0.25, 0.3) is 5.91 Å². The SMILES string of the molecule is CCCCCCCCOc1ccc(C(=O)Nc2ccccc2OC)cc1. The first-order valence-corrected chi connectivity index (χ1v) is 9.42. The lowest BCUT2D eigenvalue weighted by atomic mass is 10.1. The van der Waals surface area contributed by atoms with Gasteiger partial charge in [0.05, 0.1) is 19.4 Å². The van der Waals surface area contributed by atoms with Crippen LogP contribution in [0.1, 0.15) is 55.8 Å². The minimum Gasteiger partial charge on any atom is -0.495 e. The van der Waals surface area contributed by atoms with Crippen LogP contribution in [0.2, 0.25) is 0 Å². The number of carbonyl (C=O) groups is 1.